The molecule has 3 aromatic heterocycles. The highest BCUT2D eigenvalue weighted by atomic mass is 32.1. The summed E-state index contributed by atoms with van der Waals surface area (Å²) < 4.78 is 7.84. The molecule has 3 N–H and O–H groups in total. The Balaban J connectivity index is 1.45. The molecule has 1 aromatic carbocycles. The fourth-order valence-corrected chi connectivity index (χ4v) is 5.24. The molecule has 10 nitrogen and oxygen atoms in total. The SMILES string of the molecule is Cc1c(Oc2cnn(C)c2)ccc(NC(=O)c2csc(-c3ccnnc3)n2)c1N1CCC[C@@H](CN)C1. The number of piperidine rings is 1. The summed E-state index contributed by atoms with van der Waals surface area (Å²) in [7, 11) is 1.85. The first-order chi connectivity index (χ1) is 17.5. The number of carbonyl (C=O) groups is 1. The summed E-state index contributed by atoms with van der Waals surface area (Å²) >= 11 is 1.39. The van der Waals surface area contributed by atoms with Gasteiger partial charge in [-0.15, -0.1) is 11.3 Å². The van der Waals surface area contributed by atoms with Crippen molar-refractivity contribution in [3.05, 3.63) is 59.6 Å². The Bertz CT molecular complexity index is 1350. The number of thiazole rings is 1. The number of hydrogen-bond donors (Lipinski definition) is 2. The number of benzene rings is 1. The van der Waals surface area contributed by atoms with Gasteiger partial charge in [-0.05, 0) is 50.4 Å². The van der Waals surface area contributed by atoms with Crippen molar-refractivity contribution < 1.29 is 9.53 Å². The van der Waals surface area contributed by atoms with E-state index in [1.54, 1.807) is 28.7 Å². The topological polar surface area (TPSA) is 124 Å². The van der Waals surface area contributed by atoms with Gasteiger partial charge in [0.1, 0.15) is 16.5 Å². The summed E-state index contributed by atoms with van der Waals surface area (Å²) in [5, 5.41) is 17.4. The number of anilines is 2. The van der Waals surface area contributed by atoms with Gasteiger partial charge in [-0.3, -0.25) is 9.48 Å². The highest BCUT2D eigenvalue weighted by molar-refractivity contribution is 7.13. The van der Waals surface area contributed by atoms with Gasteiger partial charge in [0.05, 0.1) is 36.2 Å². The Morgan fingerprint density at radius 3 is 2.92 bits per heavy atom. The first-order valence-corrected chi connectivity index (χ1v) is 12.7. The Hall–Kier alpha value is -3.83. The molecule has 186 valence electrons. The van der Waals surface area contributed by atoms with Crippen LogP contribution in [0.3, 0.4) is 0 Å². The molecular formula is C25H28N8O2S. The number of nitrogens with zero attached hydrogens (tertiary/aromatic N) is 6. The van der Waals surface area contributed by atoms with Gasteiger partial charge in [0.15, 0.2) is 5.75 Å². The van der Waals surface area contributed by atoms with E-state index in [1.165, 1.54) is 11.3 Å². The minimum Gasteiger partial charge on any atom is -0.454 e. The van der Waals surface area contributed by atoms with Crippen LogP contribution in [0, 0.1) is 12.8 Å². The zero-order chi connectivity index (χ0) is 25.1. The smallest absolute Gasteiger partial charge is 0.275 e. The van der Waals surface area contributed by atoms with Crippen LogP contribution in [0.1, 0.15) is 28.9 Å². The Morgan fingerprint density at radius 2 is 2.17 bits per heavy atom. The highest BCUT2D eigenvalue weighted by Gasteiger charge is 2.25. The van der Waals surface area contributed by atoms with Crippen molar-refractivity contribution in [1.82, 2.24) is 25.0 Å². The summed E-state index contributed by atoms with van der Waals surface area (Å²) in [6, 6.07) is 5.58. The Kier molecular flexibility index (Phi) is 6.92. The molecule has 4 aromatic rings. The maximum atomic E-state index is 13.2. The molecule has 0 unspecified atom stereocenters. The van der Waals surface area contributed by atoms with E-state index in [4.69, 9.17) is 10.5 Å². The average Bonchev–Trinajstić information content (AvgIpc) is 3.56. The zero-order valence-corrected chi connectivity index (χ0v) is 21.0. The van der Waals surface area contributed by atoms with Gasteiger partial charge in [0.25, 0.3) is 5.91 Å². The summed E-state index contributed by atoms with van der Waals surface area (Å²) in [6.45, 7) is 4.35. The molecule has 1 aliphatic heterocycles. The lowest BCUT2D eigenvalue weighted by Gasteiger charge is -2.36. The maximum absolute atomic E-state index is 13.2. The van der Waals surface area contributed by atoms with Gasteiger partial charge in [-0.1, -0.05) is 0 Å². The van der Waals surface area contributed by atoms with Crippen LogP contribution < -0.4 is 20.7 Å². The second-order valence-electron chi connectivity index (χ2n) is 8.85. The van der Waals surface area contributed by atoms with E-state index in [2.05, 4.69) is 30.5 Å². The zero-order valence-electron chi connectivity index (χ0n) is 20.2. The molecule has 1 fully saturated rings. The van der Waals surface area contributed by atoms with Crippen molar-refractivity contribution in [3.63, 3.8) is 0 Å². The second-order valence-corrected chi connectivity index (χ2v) is 9.71. The number of aryl methyl sites for hydroxylation is 1. The van der Waals surface area contributed by atoms with Crippen LogP contribution in [0.15, 0.2) is 48.4 Å². The van der Waals surface area contributed by atoms with E-state index < -0.39 is 0 Å². The van der Waals surface area contributed by atoms with Crippen molar-refractivity contribution in [1.29, 1.82) is 0 Å². The van der Waals surface area contributed by atoms with Crippen LogP contribution in [0.4, 0.5) is 11.4 Å². The first-order valence-electron chi connectivity index (χ1n) is 11.8. The van der Waals surface area contributed by atoms with Gasteiger partial charge in [-0.2, -0.15) is 15.3 Å². The summed E-state index contributed by atoms with van der Waals surface area (Å²) in [6.07, 6.45) is 8.88. The van der Waals surface area contributed by atoms with Crippen LogP contribution in [0.5, 0.6) is 11.5 Å². The average molecular weight is 505 g/mol. The largest absolute Gasteiger partial charge is 0.454 e. The number of aromatic nitrogens is 5. The van der Waals surface area contributed by atoms with E-state index in [0.29, 0.717) is 40.4 Å². The van der Waals surface area contributed by atoms with E-state index >= 15 is 0 Å². The number of rotatable bonds is 7. The molecular weight excluding hydrogens is 476 g/mol. The molecule has 0 radical (unpaired) electrons. The minimum atomic E-state index is -0.270. The van der Waals surface area contributed by atoms with Crippen molar-refractivity contribution in [2.24, 2.45) is 18.7 Å². The van der Waals surface area contributed by atoms with Crippen LogP contribution in [-0.4, -0.2) is 50.5 Å². The second kappa shape index (κ2) is 10.4. The normalized spacial score (nSPS) is 15.6. The van der Waals surface area contributed by atoms with Gasteiger partial charge in [0.2, 0.25) is 0 Å². The third-order valence-corrected chi connectivity index (χ3v) is 7.17. The van der Waals surface area contributed by atoms with Crippen molar-refractivity contribution in [3.8, 4) is 22.1 Å². The number of hydrogen-bond acceptors (Lipinski definition) is 9. The quantitative estimate of drug-likeness (QED) is 0.389. The van der Waals surface area contributed by atoms with E-state index in [-0.39, 0.29) is 5.91 Å². The molecule has 1 saturated heterocycles. The summed E-state index contributed by atoms with van der Waals surface area (Å²) in [5.41, 5.74) is 9.79. The van der Waals surface area contributed by atoms with Crippen molar-refractivity contribution in [2.75, 3.05) is 29.9 Å². The number of amides is 1. The van der Waals surface area contributed by atoms with E-state index in [0.717, 1.165) is 42.7 Å². The van der Waals surface area contributed by atoms with Crippen LogP contribution in [0.2, 0.25) is 0 Å². The standard InChI is InChI=1S/C25H28N8O2S/c1-16-22(35-19-12-29-32(2)14-19)6-5-20(23(16)33-9-3-4-17(10-26)13-33)30-24(34)21-15-36-25(31-21)18-7-8-27-28-11-18/h5-8,11-12,14-15,17H,3-4,9-10,13,26H2,1-2H3,(H,30,34)/t17-/m0/s1. The van der Waals surface area contributed by atoms with Gasteiger partial charge in [0, 0.05) is 36.6 Å². The van der Waals surface area contributed by atoms with E-state index in [9.17, 15) is 4.79 Å². The van der Waals surface area contributed by atoms with Gasteiger partial charge < -0.3 is 20.7 Å². The molecule has 1 atom stereocenters. The molecule has 1 aliphatic rings. The molecule has 0 spiro atoms. The van der Waals surface area contributed by atoms with Crippen LogP contribution in [0.25, 0.3) is 10.6 Å². The molecule has 1 amide bonds. The highest BCUT2D eigenvalue weighted by Crippen LogP contribution is 2.40. The summed E-state index contributed by atoms with van der Waals surface area (Å²) in [5.74, 6) is 1.50. The number of nitrogens with one attached hydrogen (secondary N) is 1. The third-order valence-electron chi connectivity index (χ3n) is 6.28. The van der Waals surface area contributed by atoms with Crippen molar-refractivity contribution >= 4 is 28.6 Å². The first kappa shape index (κ1) is 23.9. The Morgan fingerprint density at radius 1 is 1.28 bits per heavy atom. The predicted octanol–water partition coefficient (Wildman–Crippen LogP) is 3.86. The molecule has 0 aliphatic carbocycles. The molecule has 11 heteroatoms. The lowest BCUT2D eigenvalue weighted by Crippen LogP contribution is -2.39. The summed E-state index contributed by atoms with van der Waals surface area (Å²) in [4.78, 5) is 20.0. The molecule has 5 rings (SSSR count). The van der Waals surface area contributed by atoms with Gasteiger partial charge in [-0.25, -0.2) is 4.98 Å². The minimum absolute atomic E-state index is 0.270. The Labute approximate surface area is 213 Å². The monoisotopic (exact) mass is 504 g/mol. The predicted molar refractivity (Wildman–Crippen MR) is 140 cm³/mol. The van der Waals surface area contributed by atoms with Crippen molar-refractivity contribution in [2.45, 2.75) is 19.8 Å². The van der Waals surface area contributed by atoms with Crippen LogP contribution >= 0.6 is 11.3 Å². The fourth-order valence-electron chi connectivity index (χ4n) is 4.45. The third kappa shape index (κ3) is 5.07. The fraction of sp³-hybridized carbons (Fsp3) is 0.320. The van der Waals surface area contributed by atoms with Gasteiger partial charge >= 0.3 is 0 Å². The molecule has 4 heterocycles. The maximum Gasteiger partial charge on any atom is 0.275 e. The molecule has 0 saturated carbocycles. The molecule has 36 heavy (non-hydrogen) atoms. The lowest BCUT2D eigenvalue weighted by molar-refractivity contribution is 0.102. The number of ether oxygens (including phenoxy) is 1. The lowest BCUT2D eigenvalue weighted by atomic mass is 9.96. The molecule has 0 bridgehead atoms. The van der Waals surface area contributed by atoms with E-state index in [1.807, 2.05) is 38.4 Å². The number of carbonyl (C=O) groups excluding carboxylic acids is 1. The van der Waals surface area contributed by atoms with Crippen LogP contribution in [-0.2, 0) is 7.05 Å². The number of nitrogens with two attached hydrogens (primary N) is 1.